The maximum Gasteiger partial charge on any atom is 0.216 e. The fourth-order valence-corrected chi connectivity index (χ4v) is 2.36. The van der Waals surface area contributed by atoms with Crippen LogP contribution in [0.25, 0.3) is 0 Å². The zero-order chi connectivity index (χ0) is 21.9. The van der Waals surface area contributed by atoms with E-state index in [0.717, 1.165) is 31.6 Å². The molecule has 0 radical (unpaired) electrons. The number of nitrogens with zero attached hydrogens (tertiary/aromatic N) is 1. The highest BCUT2D eigenvalue weighted by Gasteiger charge is 2.12. The van der Waals surface area contributed by atoms with Crippen molar-refractivity contribution in [3.63, 3.8) is 0 Å². The van der Waals surface area contributed by atoms with Gasteiger partial charge in [-0.05, 0) is 57.3 Å². The molecule has 7 heteroatoms. The van der Waals surface area contributed by atoms with Gasteiger partial charge in [0, 0.05) is 20.0 Å². The lowest BCUT2D eigenvalue weighted by atomic mass is 10.1. The van der Waals surface area contributed by atoms with Crippen LogP contribution >= 0.6 is 12.6 Å². The van der Waals surface area contributed by atoms with Gasteiger partial charge >= 0.3 is 0 Å². The first-order chi connectivity index (χ1) is 13.4. The number of amides is 1. The van der Waals surface area contributed by atoms with E-state index in [-0.39, 0.29) is 5.91 Å². The van der Waals surface area contributed by atoms with Gasteiger partial charge in [0.15, 0.2) is 11.5 Å². The Kier molecular flexibility index (Phi) is 19.4. The minimum Gasteiger partial charge on any atom is -0.493 e. The van der Waals surface area contributed by atoms with E-state index in [1.165, 1.54) is 19.8 Å². The smallest absolute Gasteiger partial charge is 0.216 e. The molecule has 1 aromatic rings. The second kappa shape index (κ2) is 18.9. The number of methoxy groups -OCH3 is 2. The molecule has 0 aliphatic carbocycles. The first-order valence-electron chi connectivity index (χ1n) is 9.67. The summed E-state index contributed by atoms with van der Waals surface area (Å²) in [5.41, 5.74) is 0.867. The van der Waals surface area contributed by atoms with Crippen LogP contribution in [0.4, 0.5) is 0 Å². The van der Waals surface area contributed by atoms with Crippen molar-refractivity contribution < 1.29 is 19.4 Å². The van der Waals surface area contributed by atoms with Gasteiger partial charge in [0.2, 0.25) is 5.91 Å². The molecule has 1 atom stereocenters. The number of carbonyl (C=O) groups excluding carboxylic acids is 1. The molecular formula is C21H40N2O4S. The van der Waals surface area contributed by atoms with Crippen LogP contribution in [0.2, 0.25) is 0 Å². The number of aliphatic hydroxyl groups is 1. The Morgan fingerprint density at radius 1 is 1.18 bits per heavy atom. The third kappa shape index (κ3) is 13.7. The van der Waals surface area contributed by atoms with Gasteiger partial charge in [0.05, 0.1) is 20.3 Å². The summed E-state index contributed by atoms with van der Waals surface area (Å²) in [6.45, 7) is 8.28. The predicted octanol–water partition coefficient (Wildman–Crippen LogP) is 3.55. The van der Waals surface area contributed by atoms with Crippen molar-refractivity contribution in [3.8, 4) is 11.5 Å². The number of hydrogen-bond acceptors (Lipinski definition) is 6. The number of ether oxygens (including phenoxy) is 2. The van der Waals surface area contributed by atoms with E-state index in [0.29, 0.717) is 11.5 Å². The van der Waals surface area contributed by atoms with Gasteiger partial charge in [-0.2, -0.15) is 12.6 Å². The van der Waals surface area contributed by atoms with Gasteiger partial charge in [-0.25, -0.2) is 0 Å². The SMILES string of the molecule is CCCCN(C)CCC(O)c1ccc(OC)c(OC)c1.CCNC(C)=O.CS. The van der Waals surface area contributed by atoms with Gasteiger partial charge in [0.25, 0.3) is 0 Å². The highest BCUT2D eigenvalue weighted by molar-refractivity contribution is 7.79. The molecule has 0 bridgehead atoms. The summed E-state index contributed by atoms with van der Waals surface area (Å²) < 4.78 is 10.5. The molecule has 0 heterocycles. The summed E-state index contributed by atoms with van der Waals surface area (Å²) >= 11 is 3.53. The van der Waals surface area contributed by atoms with Gasteiger partial charge in [-0.3, -0.25) is 4.79 Å². The summed E-state index contributed by atoms with van der Waals surface area (Å²) in [5.74, 6) is 1.38. The Hall–Kier alpha value is -1.44. The fourth-order valence-electron chi connectivity index (χ4n) is 2.36. The molecule has 1 unspecified atom stereocenters. The van der Waals surface area contributed by atoms with E-state index in [1.54, 1.807) is 20.5 Å². The predicted molar refractivity (Wildman–Crippen MR) is 121 cm³/mol. The Balaban J connectivity index is 0. The first kappa shape index (κ1) is 28.8. The Morgan fingerprint density at radius 2 is 1.79 bits per heavy atom. The highest BCUT2D eigenvalue weighted by atomic mass is 32.1. The van der Waals surface area contributed by atoms with E-state index < -0.39 is 6.10 Å². The van der Waals surface area contributed by atoms with Crippen LogP contribution in [-0.2, 0) is 4.79 Å². The molecule has 28 heavy (non-hydrogen) atoms. The van der Waals surface area contributed by atoms with Crippen LogP contribution in [0, 0.1) is 0 Å². The minimum atomic E-state index is -0.473. The molecule has 0 aromatic heterocycles. The van der Waals surface area contributed by atoms with Crippen molar-refractivity contribution >= 4 is 18.5 Å². The Morgan fingerprint density at radius 3 is 2.21 bits per heavy atom. The summed E-state index contributed by atoms with van der Waals surface area (Å²) in [5, 5.41) is 12.8. The van der Waals surface area contributed by atoms with Gasteiger partial charge in [-0.1, -0.05) is 19.4 Å². The number of aliphatic hydroxyl groups excluding tert-OH is 1. The fraction of sp³-hybridized carbons (Fsp3) is 0.667. The highest BCUT2D eigenvalue weighted by Crippen LogP contribution is 2.30. The van der Waals surface area contributed by atoms with E-state index >= 15 is 0 Å². The molecule has 1 aromatic carbocycles. The lowest BCUT2D eigenvalue weighted by molar-refractivity contribution is -0.118. The minimum absolute atomic E-state index is 0.0394. The standard InChI is InChI=1S/C16H27NO3.C4H9NO.CH4S/c1-5-6-10-17(2)11-9-14(18)13-7-8-15(19-3)16(12-13)20-4;1-3-5-4(2)6;1-2/h7-8,12,14,18H,5-6,9-11H2,1-4H3;3H2,1-2H3,(H,5,6);2H,1H3. The molecule has 1 amide bonds. The van der Waals surface area contributed by atoms with E-state index in [2.05, 4.69) is 36.8 Å². The number of benzene rings is 1. The first-order valence-corrected chi connectivity index (χ1v) is 10.6. The zero-order valence-corrected chi connectivity index (χ0v) is 19.5. The number of carbonyl (C=O) groups is 1. The third-order valence-corrected chi connectivity index (χ3v) is 3.90. The lowest BCUT2D eigenvalue weighted by Crippen LogP contribution is -2.22. The van der Waals surface area contributed by atoms with Crippen LogP contribution in [0.15, 0.2) is 18.2 Å². The topological polar surface area (TPSA) is 71.0 Å². The maximum absolute atomic E-state index is 10.3. The quantitative estimate of drug-likeness (QED) is 0.509. The third-order valence-electron chi connectivity index (χ3n) is 3.90. The van der Waals surface area contributed by atoms with Crippen LogP contribution in [0.3, 0.4) is 0 Å². The molecule has 0 saturated carbocycles. The lowest BCUT2D eigenvalue weighted by Gasteiger charge is -2.19. The Bertz CT molecular complexity index is 515. The molecule has 2 N–H and O–H groups in total. The van der Waals surface area contributed by atoms with Gasteiger partial charge in [0.1, 0.15) is 0 Å². The molecule has 0 aliphatic heterocycles. The monoisotopic (exact) mass is 416 g/mol. The molecule has 6 nitrogen and oxygen atoms in total. The molecule has 1 rings (SSSR count). The number of unbranched alkanes of at least 4 members (excludes halogenated alkanes) is 1. The van der Waals surface area contributed by atoms with Crippen molar-refractivity contribution in [3.05, 3.63) is 23.8 Å². The molecule has 164 valence electrons. The second-order valence-corrected chi connectivity index (χ2v) is 6.16. The molecule has 0 spiro atoms. The van der Waals surface area contributed by atoms with Crippen LogP contribution in [0.5, 0.6) is 11.5 Å². The summed E-state index contributed by atoms with van der Waals surface area (Å²) in [6, 6.07) is 5.56. The molecule has 0 saturated heterocycles. The van der Waals surface area contributed by atoms with Crippen molar-refractivity contribution in [2.75, 3.05) is 47.2 Å². The molecule has 0 aliphatic rings. The average molecular weight is 417 g/mol. The molecule has 0 fully saturated rings. The van der Waals surface area contributed by atoms with Crippen LogP contribution in [-0.4, -0.2) is 63.1 Å². The van der Waals surface area contributed by atoms with Crippen molar-refractivity contribution in [1.29, 1.82) is 0 Å². The largest absolute Gasteiger partial charge is 0.493 e. The normalized spacial score (nSPS) is 10.8. The summed E-state index contributed by atoms with van der Waals surface area (Å²) in [7, 11) is 5.31. The van der Waals surface area contributed by atoms with Crippen molar-refractivity contribution in [2.24, 2.45) is 0 Å². The maximum atomic E-state index is 10.3. The Labute approximate surface area is 177 Å². The van der Waals surface area contributed by atoms with E-state index in [9.17, 15) is 9.90 Å². The van der Waals surface area contributed by atoms with E-state index in [4.69, 9.17) is 9.47 Å². The number of thiol groups is 1. The number of nitrogens with one attached hydrogen (secondary N) is 1. The zero-order valence-electron chi connectivity index (χ0n) is 18.6. The van der Waals surface area contributed by atoms with Gasteiger partial charge < -0.3 is 24.8 Å². The second-order valence-electron chi connectivity index (χ2n) is 6.16. The van der Waals surface area contributed by atoms with Gasteiger partial charge in [-0.15, -0.1) is 0 Å². The van der Waals surface area contributed by atoms with Crippen molar-refractivity contribution in [1.82, 2.24) is 10.2 Å². The summed E-state index contributed by atoms with van der Waals surface area (Å²) in [4.78, 5) is 12.2. The van der Waals surface area contributed by atoms with E-state index in [1.807, 2.05) is 25.1 Å². The number of hydrogen-bond donors (Lipinski definition) is 3. The number of rotatable bonds is 10. The van der Waals surface area contributed by atoms with Crippen LogP contribution in [0.1, 0.15) is 51.7 Å². The summed E-state index contributed by atoms with van der Waals surface area (Å²) in [6.07, 6.45) is 4.33. The van der Waals surface area contributed by atoms with Crippen LogP contribution < -0.4 is 14.8 Å². The van der Waals surface area contributed by atoms with Crippen molar-refractivity contribution in [2.45, 2.75) is 46.1 Å². The average Bonchev–Trinajstić information content (AvgIpc) is 2.71. The molecular weight excluding hydrogens is 376 g/mol.